The number of carbonyl (C=O) groups is 1. The van der Waals surface area contributed by atoms with Crippen LogP contribution in [0.3, 0.4) is 0 Å². The van der Waals surface area contributed by atoms with Crippen molar-refractivity contribution in [2.45, 2.75) is 63.4 Å². The van der Waals surface area contributed by atoms with E-state index in [1.807, 2.05) is 38.1 Å². The van der Waals surface area contributed by atoms with Gasteiger partial charge in [0.2, 0.25) is 11.1 Å². The number of nitrogens with two attached hydrogens (primary N) is 1. The Balaban J connectivity index is 1.64. The molecule has 2 aromatic rings. The molecular weight excluding hydrogens is 358 g/mol. The molecule has 3 N–H and O–H groups in total. The number of nitrogens with zero attached hydrogens (tertiary/aromatic N) is 3. The van der Waals surface area contributed by atoms with Gasteiger partial charge in [0.05, 0.1) is 5.25 Å². The van der Waals surface area contributed by atoms with Crippen LogP contribution in [-0.2, 0) is 4.79 Å². The molecule has 1 amide bonds. The maximum absolute atomic E-state index is 12.7. The van der Waals surface area contributed by atoms with Gasteiger partial charge in [0.25, 0.3) is 0 Å². The molecule has 1 saturated carbocycles. The summed E-state index contributed by atoms with van der Waals surface area (Å²) in [5.74, 6) is 7.97. The molecule has 0 radical (unpaired) electrons. The molecule has 0 unspecified atom stereocenters. The summed E-state index contributed by atoms with van der Waals surface area (Å²) in [7, 11) is 0. The Labute approximate surface area is 165 Å². The minimum Gasteiger partial charge on any atom is -0.352 e. The number of hydrogen-bond donors (Lipinski definition) is 2. The number of thioether (sulfide) groups is 1. The number of hydrogen-bond acceptors (Lipinski definition) is 5. The van der Waals surface area contributed by atoms with Crippen LogP contribution in [0.25, 0.3) is 11.4 Å². The van der Waals surface area contributed by atoms with Crippen LogP contribution in [0, 0.1) is 18.8 Å². The first-order valence-electron chi connectivity index (χ1n) is 9.61. The van der Waals surface area contributed by atoms with Gasteiger partial charge in [0, 0.05) is 11.6 Å². The largest absolute Gasteiger partial charge is 0.352 e. The van der Waals surface area contributed by atoms with Gasteiger partial charge >= 0.3 is 0 Å². The number of amides is 1. The van der Waals surface area contributed by atoms with E-state index in [1.54, 1.807) is 0 Å². The van der Waals surface area contributed by atoms with Crippen LogP contribution in [0.5, 0.6) is 0 Å². The quantitative estimate of drug-likeness (QED) is 0.607. The van der Waals surface area contributed by atoms with E-state index in [1.165, 1.54) is 34.8 Å². The highest BCUT2D eigenvalue weighted by atomic mass is 32.2. The van der Waals surface area contributed by atoms with Crippen molar-refractivity contribution in [3.8, 4) is 11.4 Å². The molecule has 1 aliphatic carbocycles. The van der Waals surface area contributed by atoms with Crippen molar-refractivity contribution in [2.24, 2.45) is 11.8 Å². The third-order valence-electron chi connectivity index (χ3n) is 5.66. The first-order valence-corrected chi connectivity index (χ1v) is 10.5. The molecule has 0 bridgehead atoms. The van der Waals surface area contributed by atoms with Gasteiger partial charge in [-0.15, -0.1) is 10.2 Å². The lowest BCUT2D eigenvalue weighted by molar-refractivity contribution is -0.121. The smallest absolute Gasteiger partial charge is 0.233 e. The molecule has 6 nitrogen and oxygen atoms in total. The number of carbonyl (C=O) groups excluding carboxylic acids is 1. The zero-order valence-electron chi connectivity index (χ0n) is 16.5. The summed E-state index contributed by atoms with van der Waals surface area (Å²) in [6.07, 6.45) is 3.48. The van der Waals surface area contributed by atoms with Crippen molar-refractivity contribution in [3.05, 3.63) is 29.8 Å². The molecular formula is C20H29N5OS. The van der Waals surface area contributed by atoms with Crippen molar-refractivity contribution >= 4 is 17.7 Å². The Morgan fingerprint density at radius 2 is 1.96 bits per heavy atom. The molecule has 3 rings (SSSR count). The van der Waals surface area contributed by atoms with Gasteiger partial charge in [-0.2, -0.15) is 0 Å². The molecule has 7 heteroatoms. The second-order valence-electron chi connectivity index (χ2n) is 7.68. The Morgan fingerprint density at radius 1 is 1.26 bits per heavy atom. The van der Waals surface area contributed by atoms with Crippen molar-refractivity contribution in [1.29, 1.82) is 0 Å². The normalized spacial score (nSPS) is 23.8. The van der Waals surface area contributed by atoms with Gasteiger partial charge in [-0.05, 0) is 32.1 Å². The minimum atomic E-state index is -0.285. The molecule has 4 atom stereocenters. The number of aromatic nitrogens is 3. The maximum atomic E-state index is 12.7. The van der Waals surface area contributed by atoms with E-state index < -0.39 is 0 Å². The molecule has 1 aromatic carbocycles. The van der Waals surface area contributed by atoms with Gasteiger partial charge in [-0.25, -0.2) is 4.68 Å². The average molecular weight is 388 g/mol. The van der Waals surface area contributed by atoms with Gasteiger partial charge < -0.3 is 11.2 Å². The highest BCUT2D eigenvalue weighted by molar-refractivity contribution is 8.00. The highest BCUT2D eigenvalue weighted by Gasteiger charge is 2.30. The number of rotatable bonds is 5. The Bertz CT molecular complexity index is 788. The molecule has 1 heterocycles. The molecule has 0 saturated heterocycles. The number of nitrogen functional groups attached to an aromatic ring is 1. The maximum Gasteiger partial charge on any atom is 0.233 e. The monoisotopic (exact) mass is 387 g/mol. The lowest BCUT2D eigenvalue weighted by atomic mass is 9.78. The van der Waals surface area contributed by atoms with E-state index in [0.29, 0.717) is 22.8 Å². The van der Waals surface area contributed by atoms with Crippen LogP contribution in [0.2, 0.25) is 0 Å². The van der Waals surface area contributed by atoms with Gasteiger partial charge in [-0.3, -0.25) is 4.79 Å². The second kappa shape index (κ2) is 8.33. The standard InChI is InChI=1S/C20H29N5OS/c1-12-8-10-16(11-9-12)18-23-24-20(25(18)21)27-15(4)19(26)22-17-7-5-6-13(2)14(17)3/h8-11,13-15,17H,5-7,21H2,1-4H3,(H,22,26)/t13-,14-,15+,17+/m0/s1. The molecule has 27 heavy (non-hydrogen) atoms. The third-order valence-corrected chi connectivity index (χ3v) is 6.72. The molecule has 1 aromatic heterocycles. The predicted octanol–water partition coefficient (Wildman–Crippen LogP) is 3.39. The fourth-order valence-corrected chi connectivity index (χ4v) is 4.33. The third kappa shape index (κ3) is 4.46. The van der Waals surface area contributed by atoms with Gasteiger partial charge in [-0.1, -0.05) is 68.3 Å². The summed E-state index contributed by atoms with van der Waals surface area (Å²) in [6.45, 7) is 8.42. The van der Waals surface area contributed by atoms with Crippen LogP contribution < -0.4 is 11.2 Å². The molecule has 146 valence electrons. The van der Waals surface area contributed by atoms with E-state index >= 15 is 0 Å². The van der Waals surface area contributed by atoms with E-state index in [4.69, 9.17) is 5.84 Å². The SMILES string of the molecule is Cc1ccc(-c2nnc(S[C@H](C)C(=O)N[C@@H]3CCC[C@H](C)[C@@H]3C)n2N)cc1. The zero-order chi connectivity index (χ0) is 19.6. The zero-order valence-corrected chi connectivity index (χ0v) is 17.3. The number of aryl methyl sites for hydroxylation is 1. The molecule has 0 aliphatic heterocycles. The van der Waals surface area contributed by atoms with Crippen LogP contribution in [0.15, 0.2) is 29.4 Å². The van der Waals surface area contributed by atoms with E-state index in [9.17, 15) is 4.79 Å². The van der Waals surface area contributed by atoms with E-state index in [0.717, 1.165) is 12.0 Å². The summed E-state index contributed by atoms with van der Waals surface area (Å²) in [5, 5.41) is 11.9. The first-order chi connectivity index (χ1) is 12.9. The topological polar surface area (TPSA) is 85.8 Å². The summed E-state index contributed by atoms with van der Waals surface area (Å²) in [5.41, 5.74) is 2.08. The van der Waals surface area contributed by atoms with Crippen LogP contribution in [-0.4, -0.2) is 32.1 Å². The molecule has 1 aliphatic rings. The van der Waals surface area contributed by atoms with Crippen molar-refractivity contribution in [1.82, 2.24) is 20.2 Å². The number of benzene rings is 1. The van der Waals surface area contributed by atoms with Crippen molar-refractivity contribution in [2.75, 3.05) is 5.84 Å². The van der Waals surface area contributed by atoms with Crippen LogP contribution >= 0.6 is 11.8 Å². The molecule has 0 spiro atoms. The van der Waals surface area contributed by atoms with Gasteiger partial charge in [0.1, 0.15) is 0 Å². The van der Waals surface area contributed by atoms with Crippen molar-refractivity contribution in [3.63, 3.8) is 0 Å². The Hall–Kier alpha value is -2.02. The summed E-state index contributed by atoms with van der Waals surface area (Å²) in [6, 6.07) is 8.22. The van der Waals surface area contributed by atoms with E-state index in [-0.39, 0.29) is 17.2 Å². The second-order valence-corrected chi connectivity index (χ2v) is 8.99. The summed E-state index contributed by atoms with van der Waals surface area (Å²) < 4.78 is 1.46. The van der Waals surface area contributed by atoms with Crippen LogP contribution in [0.4, 0.5) is 0 Å². The Morgan fingerprint density at radius 3 is 2.67 bits per heavy atom. The first kappa shape index (κ1) is 19.7. The summed E-state index contributed by atoms with van der Waals surface area (Å²) in [4.78, 5) is 12.7. The van der Waals surface area contributed by atoms with Crippen LogP contribution in [0.1, 0.15) is 45.6 Å². The lowest BCUT2D eigenvalue weighted by Crippen LogP contribution is -2.46. The highest BCUT2D eigenvalue weighted by Crippen LogP contribution is 2.30. The van der Waals surface area contributed by atoms with E-state index in [2.05, 4.69) is 29.4 Å². The average Bonchev–Trinajstić information content (AvgIpc) is 3.00. The van der Waals surface area contributed by atoms with Crippen molar-refractivity contribution < 1.29 is 4.79 Å². The Kier molecular flexibility index (Phi) is 6.09. The fraction of sp³-hybridized carbons (Fsp3) is 0.550. The molecule has 1 fully saturated rings. The van der Waals surface area contributed by atoms with Gasteiger partial charge in [0.15, 0.2) is 5.82 Å². The number of nitrogens with one attached hydrogen (secondary N) is 1. The summed E-state index contributed by atoms with van der Waals surface area (Å²) >= 11 is 1.34. The minimum absolute atomic E-state index is 0.0332. The fourth-order valence-electron chi connectivity index (χ4n) is 3.55. The lowest BCUT2D eigenvalue weighted by Gasteiger charge is -2.35. The predicted molar refractivity (Wildman–Crippen MR) is 110 cm³/mol.